The van der Waals surface area contributed by atoms with Crippen LogP contribution in [0.4, 0.5) is 4.39 Å². The zero-order chi connectivity index (χ0) is 19.8. The zero-order valence-corrected chi connectivity index (χ0v) is 16.4. The fourth-order valence-electron chi connectivity index (χ4n) is 3.65. The van der Waals surface area contributed by atoms with E-state index in [1.807, 2.05) is 36.4 Å². The van der Waals surface area contributed by atoms with Gasteiger partial charge in [-0.05, 0) is 30.2 Å². The number of rotatable bonds is 8. The summed E-state index contributed by atoms with van der Waals surface area (Å²) in [6.45, 7) is 4.28. The minimum atomic E-state index is -0.157. The van der Waals surface area contributed by atoms with Crippen molar-refractivity contribution in [3.63, 3.8) is 0 Å². The molecule has 0 aromatic heterocycles. The number of methoxy groups -OCH3 is 1. The molecule has 1 aliphatic rings. The summed E-state index contributed by atoms with van der Waals surface area (Å²) >= 11 is 0. The number of benzene rings is 2. The smallest absolute Gasteiger partial charge is 0.127 e. The minimum Gasteiger partial charge on any atom is -0.497 e. The summed E-state index contributed by atoms with van der Waals surface area (Å²) in [5.74, 6) is 0.699. The van der Waals surface area contributed by atoms with Gasteiger partial charge in [0.25, 0.3) is 0 Å². The van der Waals surface area contributed by atoms with Crippen LogP contribution in [-0.4, -0.2) is 60.8 Å². The Bertz CT molecular complexity index is 763. The van der Waals surface area contributed by atoms with Gasteiger partial charge in [-0.15, -0.1) is 0 Å². The Morgan fingerprint density at radius 1 is 1.14 bits per heavy atom. The zero-order valence-electron chi connectivity index (χ0n) is 16.4. The summed E-state index contributed by atoms with van der Waals surface area (Å²) in [5, 5.41) is 9.47. The molecule has 28 heavy (non-hydrogen) atoms. The van der Waals surface area contributed by atoms with Crippen molar-refractivity contribution >= 4 is 6.08 Å². The summed E-state index contributed by atoms with van der Waals surface area (Å²) in [4.78, 5) is 4.68. The van der Waals surface area contributed by atoms with Crippen LogP contribution in [0.15, 0.2) is 54.6 Å². The van der Waals surface area contributed by atoms with Crippen LogP contribution in [0.2, 0.25) is 0 Å². The molecule has 150 valence electrons. The Morgan fingerprint density at radius 2 is 1.93 bits per heavy atom. The van der Waals surface area contributed by atoms with Gasteiger partial charge >= 0.3 is 0 Å². The van der Waals surface area contributed by atoms with E-state index >= 15 is 0 Å². The molecule has 1 aliphatic heterocycles. The van der Waals surface area contributed by atoms with Crippen molar-refractivity contribution < 1.29 is 14.2 Å². The molecule has 0 radical (unpaired) electrons. The molecular formula is C23H29FN2O2. The van der Waals surface area contributed by atoms with Gasteiger partial charge in [0.2, 0.25) is 0 Å². The normalized spacial score (nSPS) is 18.6. The van der Waals surface area contributed by atoms with Gasteiger partial charge in [-0.2, -0.15) is 0 Å². The topological polar surface area (TPSA) is 35.9 Å². The summed E-state index contributed by atoms with van der Waals surface area (Å²) in [6.07, 6.45) is 4.99. The number of hydrogen-bond acceptors (Lipinski definition) is 4. The minimum absolute atomic E-state index is 0.147. The molecule has 0 amide bonds. The molecule has 1 atom stereocenters. The lowest BCUT2D eigenvalue weighted by molar-refractivity contribution is 0.0589. The first-order valence-electron chi connectivity index (χ1n) is 9.81. The molecule has 3 rings (SSSR count). The van der Waals surface area contributed by atoms with E-state index in [1.54, 1.807) is 13.2 Å². The number of hydrogen-bond donors (Lipinski definition) is 1. The third-order valence-electron chi connectivity index (χ3n) is 5.27. The predicted octanol–water partition coefficient (Wildman–Crippen LogP) is 3.42. The van der Waals surface area contributed by atoms with Crippen LogP contribution in [0.3, 0.4) is 0 Å². The van der Waals surface area contributed by atoms with E-state index in [-0.39, 0.29) is 18.5 Å². The Morgan fingerprint density at radius 3 is 2.64 bits per heavy atom. The second-order valence-electron chi connectivity index (χ2n) is 7.16. The standard InChI is InChI=1S/C23H29FN2O2/c1-28-22-10-8-19(9-11-22)5-4-13-25-14-15-26(21(18-25)12-16-27)17-20-6-2-3-7-23(20)24/h2-11,21,27H,12-18H2,1H3/b5-4+/t21-/m1/s1. The van der Waals surface area contributed by atoms with Crippen molar-refractivity contribution in [2.75, 3.05) is 39.9 Å². The number of ether oxygens (including phenoxy) is 1. The van der Waals surface area contributed by atoms with Crippen LogP contribution in [0.5, 0.6) is 5.75 Å². The monoisotopic (exact) mass is 384 g/mol. The van der Waals surface area contributed by atoms with Crippen LogP contribution >= 0.6 is 0 Å². The molecule has 5 heteroatoms. The maximum atomic E-state index is 14.0. The van der Waals surface area contributed by atoms with E-state index in [1.165, 1.54) is 6.07 Å². The van der Waals surface area contributed by atoms with Gasteiger partial charge in [0, 0.05) is 50.9 Å². The van der Waals surface area contributed by atoms with E-state index in [2.05, 4.69) is 22.0 Å². The molecule has 0 spiro atoms. The Hall–Kier alpha value is -2.21. The van der Waals surface area contributed by atoms with E-state index in [9.17, 15) is 9.50 Å². The summed E-state index contributed by atoms with van der Waals surface area (Å²) in [5.41, 5.74) is 1.86. The fourth-order valence-corrected chi connectivity index (χ4v) is 3.65. The first-order chi connectivity index (χ1) is 13.7. The molecule has 1 saturated heterocycles. The van der Waals surface area contributed by atoms with Gasteiger partial charge in [0.15, 0.2) is 0 Å². The number of piperazine rings is 1. The Balaban J connectivity index is 1.55. The van der Waals surface area contributed by atoms with Crippen LogP contribution < -0.4 is 4.74 Å². The number of halogens is 1. The first kappa shape index (κ1) is 20.5. The maximum Gasteiger partial charge on any atom is 0.127 e. The predicted molar refractivity (Wildman–Crippen MR) is 111 cm³/mol. The molecule has 0 bridgehead atoms. The van der Waals surface area contributed by atoms with E-state index < -0.39 is 0 Å². The van der Waals surface area contributed by atoms with Crippen LogP contribution in [0, 0.1) is 5.82 Å². The summed E-state index contributed by atoms with van der Waals surface area (Å²) in [7, 11) is 1.67. The number of aliphatic hydroxyl groups excluding tert-OH is 1. The van der Waals surface area contributed by atoms with Crippen molar-refractivity contribution in [2.24, 2.45) is 0 Å². The second kappa shape index (κ2) is 10.4. The lowest BCUT2D eigenvalue weighted by Crippen LogP contribution is -2.52. The molecule has 0 aliphatic carbocycles. The molecule has 2 aromatic rings. The largest absolute Gasteiger partial charge is 0.497 e. The highest BCUT2D eigenvalue weighted by Crippen LogP contribution is 2.18. The van der Waals surface area contributed by atoms with E-state index in [4.69, 9.17) is 4.74 Å². The quantitative estimate of drug-likeness (QED) is 0.757. The Kier molecular flexibility index (Phi) is 7.60. The average Bonchev–Trinajstić information content (AvgIpc) is 2.72. The van der Waals surface area contributed by atoms with E-state index in [0.717, 1.165) is 43.1 Å². The van der Waals surface area contributed by atoms with Crippen LogP contribution in [0.1, 0.15) is 17.5 Å². The molecule has 4 nitrogen and oxygen atoms in total. The molecule has 1 N–H and O–H groups in total. The highest BCUT2D eigenvalue weighted by molar-refractivity contribution is 5.50. The third kappa shape index (κ3) is 5.64. The van der Waals surface area contributed by atoms with Crippen molar-refractivity contribution in [2.45, 2.75) is 19.0 Å². The number of nitrogens with zero attached hydrogens (tertiary/aromatic N) is 2. The average molecular weight is 384 g/mol. The van der Waals surface area contributed by atoms with Gasteiger partial charge in [0.1, 0.15) is 11.6 Å². The van der Waals surface area contributed by atoms with Gasteiger partial charge < -0.3 is 9.84 Å². The molecule has 1 heterocycles. The second-order valence-corrected chi connectivity index (χ2v) is 7.16. The highest BCUT2D eigenvalue weighted by Gasteiger charge is 2.26. The first-order valence-corrected chi connectivity index (χ1v) is 9.81. The third-order valence-corrected chi connectivity index (χ3v) is 5.27. The van der Waals surface area contributed by atoms with Crippen LogP contribution in [0.25, 0.3) is 6.08 Å². The van der Waals surface area contributed by atoms with Gasteiger partial charge in [-0.25, -0.2) is 4.39 Å². The molecular weight excluding hydrogens is 355 g/mol. The fraction of sp³-hybridized carbons (Fsp3) is 0.391. The van der Waals surface area contributed by atoms with Crippen LogP contribution in [-0.2, 0) is 6.54 Å². The molecule has 1 fully saturated rings. The van der Waals surface area contributed by atoms with Crippen molar-refractivity contribution in [3.05, 3.63) is 71.6 Å². The number of aliphatic hydroxyl groups is 1. The molecule has 0 unspecified atom stereocenters. The summed E-state index contributed by atoms with van der Waals surface area (Å²) < 4.78 is 19.2. The SMILES string of the molecule is COc1ccc(/C=C/CN2CCN(Cc3ccccc3F)[C@H](CCO)C2)cc1. The van der Waals surface area contributed by atoms with Crippen molar-refractivity contribution in [1.82, 2.24) is 9.80 Å². The van der Waals surface area contributed by atoms with Gasteiger partial charge in [-0.3, -0.25) is 9.80 Å². The lowest BCUT2D eigenvalue weighted by Gasteiger charge is -2.41. The highest BCUT2D eigenvalue weighted by atomic mass is 19.1. The lowest BCUT2D eigenvalue weighted by atomic mass is 10.1. The molecule has 0 saturated carbocycles. The van der Waals surface area contributed by atoms with E-state index in [0.29, 0.717) is 13.0 Å². The van der Waals surface area contributed by atoms with Crippen molar-refractivity contribution in [3.8, 4) is 5.75 Å². The molecule has 2 aromatic carbocycles. The van der Waals surface area contributed by atoms with Crippen molar-refractivity contribution in [1.29, 1.82) is 0 Å². The van der Waals surface area contributed by atoms with Gasteiger partial charge in [0.05, 0.1) is 7.11 Å². The maximum absolute atomic E-state index is 14.0. The van der Waals surface area contributed by atoms with Gasteiger partial charge in [-0.1, -0.05) is 42.5 Å². The summed E-state index contributed by atoms with van der Waals surface area (Å²) in [6, 6.07) is 15.2. The Labute approximate surface area is 166 Å².